The summed E-state index contributed by atoms with van der Waals surface area (Å²) in [5.41, 5.74) is 9.77. The third-order valence-corrected chi connectivity index (χ3v) is 10.4. The normalized spacial score (nSPS) is 12.0. The number of para-hydroxylation sites is 4. The molecule has 0 aliphatic heterocycles. The Kier molecular flexibility index (Phi) is 5.19. The highest BCUT2D eigenvalue weighted by molar-refractivity contribution is 7.25. The van der Waals surface area contributed by atoms with E-state index < -0.39 is 0 Å². The molecule has 10 rings (SSSR count). The molecule has 2 nitrogen and oxygen atoms in total. The van der Waals surface area contributed by atoms with Crippen LogP contribution in [0.5, 0.6) is 0 Å². The predicted molar refractivity (Wildman–Crippen MR) is 193 cm³/mol. The van der Waals surface area contributed by atoms with Crippen LogP contribution >= 0.6 is 11.3 Å². The van der Waals surface area contributed by atoms with Crippen molar-refractivity contribution < 1.29 is 0 Å². The van der Waals surface area contributed by atoms with Gasteiger partial charge in [0.05, 0.1) is 22.1 Å². The Hall–Kier alpha value is -5.64. The summed E-state index contributed by atoms with van der Waals surface area (Å²) >= 11 is 1.87. The summed E-state index contributed by atoms with van der Waals surface area (Å²) in [6, 6.07) is 57.7. The zero-order valence-electron chi connectivity index (χ0n) is 24.3. The van der Waals surface area contributed by atoms with Crippen molar-refractivity contribution in [2.45, 2.75) is 0 Å². The van der Waals surface area contributed by atoms with Crippen LogP contribution in [0.25, 0.3) is 86.3 Å². The Morgan fingerprint density at radius 1 is 0.311 bits per heavy atom. The lowest BCUT2D eigenvalue weighted by Crippen LogP contribution is -1.94. The molecule has 0 radical (unpaired) electrons. The molecule has 3 aromatic heterocycles. The minimum atomic E-state index is 1.18. The van der Waals surface area contributed by atoms with Crippen molar-refractivity contribution >= 4 is 75.1 Å². The lowest BCUT2D eigenvalue weighted by molar-refractivity contribution is 1.18. The summed E-state index contributed by atoms with van der Waals surface area (Å²) in [5, 5.41) is 7.76. The van der Waals surface area contributed by atoms with Crippen LogP contribution in [0.15, 0.2) is 158 Å². The third-order valence-electron chi connectivity index (χ3n) is 9.31. The molecule has 0 aliphatic carbocycles. The summed E-state index contributed by atoms with van der Waals surface area (Å²) < 4.78 is 7.41. The van der Waals surface area contributed by atoms with Crippen LogP contribution in [0.2, 0.25) is 0 Å². The minimum absolute atomic E-state index is 1.18. The van der Waals surface area contributed by atoms with Crippen molar-refractivity contribution in [3.8, 4) is 22.5 Å². The fourth-order valence-electron chi connectivity index (χ4n) is 7.31. The molecule has 0 saturated carbocycles. The third kappa shape index (κ3) is 3.62. The predicted octanol–water partition coefficient (Wildman–Crippen LogP) is 11.9. The van der Waals surface area contributed by atoms with Crippen LogP contribution in [-0.2, 0) is 0 Å². The van der Waals surface area contributed by atoms with Gasteiger partial charge in [-0.05, 0) is 71.8 Å². The monoisotopic (exact) mass is 590 g/mol. The Morgan fingerprint density at radius 3 is 1.40 bits per heavy atom. The first-order valence-electron chi connectivity index (χ1n) is 15.4. The van der Waals surface area contributed by atoms with Gasteiger partial charge in [-0.2, -0.15) is 0 Å². The molecule has 0 atom stereocenters. The van der Waals surface area contributed by atoms with Gasteiger partial charge in [-0.3, -0.25) is 0 Å². The molecule has 0 bridgehead atoms. The number of hydrogen-bond acceptors (Lipinski definition) is 1. The van der Waals surface area contributed by atoms with Gasteiger partial charge in [-0.15, -0.1) is 11.3 Å². The van der Waals surface area contributed by atoms with Crippen molar-refractivity contribution in [3.63, 3.8) is 0 Å². The second-order valence-electron chi connectivity index (χ2n) is 11.8. The van der Waals surface area contributed by atoms with Gasteiger partial charge in [0, 0.05) is 53.1 Å². The van der Waals surface area contributed by atoms with E-state index in [0.29, 0.717) is 0 Å². The van der Waals surface area contributed by atoms with E-state index in [1.54, 1.807) is 0 Å². The van der Waals surface area contributed by atoms with Gasteiger partial charge < -0.3 is 9.13 Å². The van der Waals surface area contributed by atoms with Gasteiger partial charge in [0.2, 0.25) is 0 Å². The van der Waals surface area contributed by atoms with Crippen molar-refractivity contribution in [1.29, 1.82) is 0 Å². The first-order valence-corrected chi connectivity index (χ1v) is 16.2. The average molecular weight is 591 g/mol. The van der Waals surface area contributed by atoms with E-state index in [-0.39, 0.29) is 0 Å². The molecule has 0 fully saturated rings. The molecule has 3 heteroatoms. The number of nitrogens with zero attached hydrogens (tertiary/aromatic N) is 2. The number of benzene rings is 7. The quantitative estimate of drug-likeness (QED) is 0.194. The van der Waals surface area contributed by atoms with Crippen LogP contribution in [0.1, 0.15) is 0 Å². The Balaban J connectivity index is 1.11. The Labute approximate surface area is 263 Å². The van der Waals surface area contributed by atoms with E-state index in [4.69, 9.17) is 0 Å². The second-order valence-corrected chi connectivity index (χ2v) is 12.9. The molecule has 3 heterocycles. The fraction of sp³-hybridized carbons (Fsp3) is 0. The maximum Gasteiger partial charge on any atom is 0.0541 e. The number of aromatic nitrogens is 2. The fourth-order valence-corrected chi connectivity index (χ4v) is 8.43. The van der Waals surface area contributed by atoms with E-state index in [1.807, 2.05) is 11.3 Å². The molecule has 210 valence electrons. The molecule has 0 saturated heterocycles. The molecule has 0 unspecified atom stereocenters. The van der Waals surface area contributed by atoms with Crippen LogP contribution in [0.4, 0.5) is 0 Å². The zero-order chi connectivity index (χ0) is 29.5. The van der Waals surface area contributed by atoms with Gasteiger partial charge >= 0.3 is 0 Å². The molecular formula is C42H26N2S. The van der Waals surface area contributed by atoms with E-state index >= 15 is 0 Å². The van der Waals surface area contributed by atoms with Crippen LogP contribution in [0.3, 0.4) is 0 Å². The molecule has 0 spiro atoms. The number of fused-ring (bicyclic) bond motifs is 9. The van der Waals surface area contributed by atoms with Gasteiger partial charge in [0.15, 0.2) is 0 Å². The van der Waals surface area contributed by atoms with Crippen LogP contribution < -0.4 is 0 Å². The highest BCUT2D eigenvalue weighted by Gasteiger charge is 2.15. The summed E-state index contributed by atoms with van der Waals surface area (Å²) in [7, 11) is 0. The molecule has 45 heavy (non-hydrogen) atoms. The van der Waals surface area contributed by atoms with Gasteiger partial charge in [-0.25, -0.2) is 0 Å². The maximum atomic E-state index is 2.40. The van der Waals surface area contributed by atoms with Crippen LogP contribution in [-0.4, -0.2) is 9.13 Å². The zero-order valence-corrected chi connectivity index (χ0v) is 25.1. The topological polar surface area (TPSA) is 9.86 Å². The van der Waals surface area contributed by atoms with Gasteiger partial charge in [-0.1, -0.05) is 97.1 Å². The molecule has 0 aliphatic rings. The number of rotatable bonds is 3. The van der Waals surface area contributed by atoms with E-state index in [1.165, 1.54) is 86.3 Å². The Bertz CT molecular complexity index is 2670. The summed E-state index contributed by atoms with van der Waals surface area (Å²) in [4.78, 5) is 0. The molecule has 0 N–H and O–H groups in total. The molecular weight excluding hydrogens is 565 g/mol. The summed E-state index contributed by atoms with van der Waals surface area (Å²) in [6.07, 6.45) is 0. The highest BCUT2D eigenvalue weighted by Crippen LogP contribution is 2.40. The van der Waals surface area contributed by atoms with Gasteiger partial charge in [0.1, 0.15) is 0 Å². The summed E-state index contributed by atoms with van der Waals surface area (Å²) in [5.74, 6) is 0. The number of thiophene rings is 1. The smallest absolute Gasteiger partial charge is 0.0541 e. The lowest BCUT2D eigenvalue weighted by Gasteiger charge is -2.10. The molecule has 10 aromatic rings. The highest BCUT2D eigenvalue weighted by atomic mass is 32.1. The van der Waals surface area contributed by atoms with Crippen molar-refractivity contribution in [2.75, 3.05) is 0 Å². The average Bonchev–Trinajstić information content (AvgIpc) is 3.75. The van der Waals surface area contributed by atoms with E-state index in [0.717, 1.165) is 0 Å². The van der Waals surface area contributed by atoms with Crippen molar-refractivity contribution in [1.82, 2.24) is 9.13 Å². The van der Waals surface area contributed by atoms with Crippen LogP contribution in [0, 0.1) is 0 Å². The number of hydrogen-bond donors (Lipinski definition) is 0. The van der Waals surface area contributed by atoms with E-state index in [9.17, 15) is 0 Å². The SMILES string of the molecule is c1cc(-c2ccc3sc4cc(-n5c6ccccc6c6ccccc65)ccc4c3c2)cc(-n2c3ccccc3c3ccccc32)c1. The van der Waals surface area contributed by atoms with Crippen molar-refractivity contribution in [3.05, 3.63) is 158 Å². The maximum absolute atomic E-state index is 2.40. The lowest BCUT2D eigenvalue weighted by atomic mass is 10.0. The Morgan fingerprint density at radius 2 is 0.822 bits per heavy atom. The summed E-state index contributed by atoms with van der Waals surface area (Å²) in [6.45, 7) is 0. The van der Waals surface area contributed by atoms with Crippen molar-refractivity contribution in [2.24, 2.45) is 0 Å². The molecule has 7 aromatic carbocycles. The largest absolute Gasteiger partial charge is 0.309 e. The standard InChI is InChI=1S/C42H26N2S/c1-5-16-37-31(12-1)32-13-2-6-17-38(32)43(37)29-11-9-10-27(24-29)28-20-23-41-36(25-28)35-22-21-30(26-42(35)45-41)44-39-18-7-3-14-33(39)34-15-4-8-19-40(34)44/h1-26H. The van der Waals surface area contributed by atoms with Gasteiger partial charge in [0.25, 0.3) is 0 Å². The molecule has 0 amide bonds. The first kappa shape index (κ1) is 24.8. The minimum Gasteiger partial charge on any atom is -0.309 e. The van der Waals surface area contributed by atoms with E-state index in [2.05, 4.69) is 167 Å². The first-order chi connectivity index (χ1) is 22.3. The second kappa shape index (κ2) is 9.43.